The third-order valence-corrected chi connectivity index (χ3v) is 4.46. The Morgan fingerprint density at radius 1 is 0.957 bits per heavy atom. The summed E-state index contributed by atoms with van der Waals surface area (Å²) in [5.74, 6) is 1.38. The molecule has 6 heteroatoms. The standard InChI is InChI=1S/C17H12Cl2N4/c1-10-21-22-17-16(19)20-15(11-6-2-4-8-13(11)18)12-7-3-5-9-14(12)23(10)17/h2-9,16H,1H3. The zero-order valence-electron chi connectivity index (χ0n) is 12.2. The Morgan fingerprint density at radius 3 is 2.43 bits per heavy atom. The number of para-hydroxylation sites is 1. The van der Waals surface area contributed by atoms with Gasteiger partial charge in [0.05, 0.1) is 11.4 Å². The molecule has 0 bridgehead atoms. The first-order chi connectivity index (χ1) is 11.2. The third kappa shape index (κ3) is 2.26. The molecule has 0 saturated heterocycles. The lowest BCUT2D eigenvalue weighted by Crippen LogP contribution is -2.08. The Balaban J connectivity index is 2.05. The predicted octanol–water partition coefficient (Wildman–Crippen LogP) is 4.32. The second-order valence-electron chi connectivity index (χ2n) is 5.25. The van der Waals surface area contributed by atoms with Gasteiger partial charge in [-0.3, -0.25) is 9.56 Å². The highest BCUT2D eigenvalue weighted by Crippen LogP contribution is 2.33. The smallest absolute Gasteiger partial charge is 0.184 e. The van der Waals surface area contributed by atoms with Crippen LogP contribution in [0.3, 0.4) is 0 Å². The van der Waals surface area contributed by atoms with Gasteiger partial charge in [-0.05, 0) is 19.1 Å². The van der Waals surface area contributed by atoms with Gasteiger partial charge in [0.2, 0.25) is 0 Å². The van der Waals surface area contributed by atoms with E-state index in [1.54, 1.807) is 0 Å². The number of alkyl halides is 1. The van der Waals surface area contributed by atoms with Crippen LogP contribution in [0.2, 0.25) is 5.02 Å². The quantitative estimate of drug-likeness (QED) is 0.488. The van der Waals surface area contributed by atoms with E-state index in [2.05, 4.69) is 15.2 Å². The van der Waals surface area contributed by atoms with Crippen LogP contribution in [0.4, 0.5) is 0 Å². The average Bonchev–Trinajstić information content (AvgIpc) is 2.89. The van der Waals surface area contributed by atoms with E-state index in [9.17, 15) is 0 Å². The maximum Gasteiger partial charge on any atom is 0.184 e. The average molecular weight is 343 g/mol. The monoisotopic (exact) mass is 342 g/mol. The van der Waals surface area contributed by atoms with E-state index in [-0.39, 0.29) is 0 Å². The first kappa shape index (κ1) is 14.4. The summed E-state index contributed by atoms with van der Waals surface area (Å²) in [4.78, 5) is 4.68. The zero-order chi connectivity index (χ0) is 16.0. The second-order valence-corrected chi connectivity index (χ2v) is 6.07. The van der Waals surface area contributed by atoms with Gasteiger partial charge in [0.25, 0.3) is 0 Å². The molecular weight excluding hydrogens is 331 g/mol. The van der Waals surface area contributed by atoms with Crippen LogP contribution >= 0.6 is 23.2 Å². The Hall–Kier alpha value is -2.17. The van der Waals surface area contributed by atoms with Crippen LogP contribution in [-0.2, 0) is 0 Å². The molecule has 0 aliphatic carbocycles. The van der Waals surface area contributed by atoms with Gasteiger partial charge in [-0.15, -0.1) is 10.2 Å². The molecule has 0 amide bonds. The van der Waals surface area contributed by atoms with Crippen molar-refractivity contribution in [3.05, 3.63) is 76.3 Å². The van der Waals surface area contributed by atoms with Crippen molar-refractivity contribution < 1.29 is 0 Å². The highest BCUT2D eigenvalue weighted by molar-refractivity contribution is 6.36. The largest absolute Gasteiger partial charge is 0.280 e. The summed E-state index contributed by atoms with van der Waals surface area (Å²) < 4.78 is 1.94. The van der Waals surface area contributed by atoms with Crippen LogP contribution in [-0.4, -0.2) is 20.5 Å². The zero-order valence-corrected chi connectivity index (χ0v) is 13.8. The van der Waals surface area contributed by atoms with Crippen LogP contribution in [0, 0.1) is 6.92 Å². The van der Waals surface area contributed by atoms with Crippen molar-refractivity contribution in [1.29, 1.82) is 0 Å². The Kier molecular flexibility index (Phi) is 3.43. The molecule has 1 aliphatic rings. The van der Waals surface area contributed by atoms with Crippen LogP contribution < -0.4 is 0 Å². The summed E-state index contributed by atoms with van der Waals surface area (Å²) in [6, 6.07) is 15.6. The Morgan fingerprint density at radius 2 is 1.65 bits per heavy atom. The van der Waals surface area contributed by atoms with Gasteiger partial charge < -0.3 is 0 Å². The van der Waals surface area contributed by atoms with Crippen LogP contribution in [0.5, 0.6) is 0 Å². The number of halogens is 2. The molecule has 2 aromatic carbocycles. The van der Waals surface area contributed by atoms with E-state index >= 15 is 0 Å². The molecule has 4 rings (SSSR count). The molecule has 4 nitrogen and oxygen atoms in total. The number of aliphatic imine (C=N–C) groups is 1. The molecule has 23 heavy (non-hydrogen) atoms. The van der Waals surface area contributed by atoms with Crippen LogP contribution in [0.25, 0.3) is 5.69 Å². The summed E-state index contributed by atoms with van der Waals surface area (Å²) in [6.45, 7) is 1.90. The molecule has 1 aliphatic heterocycles. The van der Waals surface area contributed by atoms with Crippen molar-refractivity contribution in [2.45, 2.75) is 12.4 Å². The minimum absolute atomic E-state index is 0.610. The normalized spacial score (nSPS) is 16.3. The summed E-state index contributed by atoms with van der Waals surface area (Å²) in [6.07, 6.45) is 0. The number of benzene rings is 2. The maximum atomic E-state index is 6.50. The number of fused-ring (bicyclic) bond motifs is 3. The topological polar surface area (TPSA) is 43.1 Å². The molecule has 1 aromatic heterocycles. The number of aryl methyl sites for hydroxylation is 1. The fourth-order valence-electron chi connectivity index (χ4n) is 2.81. The lowest BCUT2D eigenvalue weighted by Gasteiger charge is -2.12. The van der Waals surface area contributed by atoms with E-state index in [1.165, 1.54) is 0 Å². The van der Waals surface area contributed by atoms with E-state index < -0.39 is 5.50 Å². The number of rotatable bonds is 1. The molecule has 0 N–H and O–H groups in total. The highest BCUT2D eigenvalue weighted by atomic mass is 35.5. The number of hydrogen-bond acceptors (Lipinski definition) is 3. The molecular formula is C17H12Cl2N4. The molecule has 1 unspecified atom stereocenters. The molecule has 0 fully saturated rings. The number of nitrogens with zero attached hydrogens (tertiary/aromatic N) is 4. The van der Waals surface area contributed by atoms with Crippen LogP contribution in [0.15, 0.2) is 53.5 Å². The first-order valence-electron chi connectivity index (χ1n) is 7.15. The minimum Gasteiger partial charge on any atom is -0.280 e. The molecule has 2 heterocycles. The SMILES string of the molecule is Cc1nnc2n1-c1ccccc1C(c1ccccc1Cl)=NC2Cl. The summed E-state index contributed by atoms with van der Waals surface area (Å²) in [5, 5.41) is 8.96. The van der Waals surface area contributed by atoms with E-state index in [4.69, 9.17) is 23.2 Å². The van der Waals surface area contributed by atoms with Crippen LogP contribution in [0.1, 0.15) is 28.3 Å². The van der Waals surface area contributed by atoms with Crippen molar-refractivity contribution in [2.75, 3.05) is 0 Å². The lowest BCUT2D eigenvalue weighted by atomic mass is 10.0. The first-order valence-corrected chi connectivity index (χ1v) is 7.96. The Bertz CT molecular complexity index is 930. The van der Waals surface area contributed by atoms with Gasteiger partial charge >= 0.3 is 0 Å². The van der Waals surface area contributed by atoms with E-state index in [1.807, 2.05) is 60.0 Å². The summed E-state index contributed by atoms with van der Waals surface area (Å²) in [7, 11) is 0. The summed E-state index contributed by atoms with van der Waals surface area (Å²) in [5.41, 5.74) is 2.88. The minimum atomic E-state index is -0.630. The predicted molar refractivity (Wildman–Crippen MR) is 91.8 cm³/mol. The lowest BCUT2D eigenvalue weighted by molar-refractivity contribution is 0.837. The molecule has 0 radical (unpaired) electrons. The van der Waals surface area contributed by atoms with Gasteiger partial charge in [0.1, 0.15) is 5.82 Å². The highest BCUT2D eigenvalue weighted by Gasteiger charge is 2.27. The van der Waals surface area contributed by atoms with Crippen molar-refractivity contribution in [1.82, 2.24) is 14.8 Å². The Labute approximate surface area is 143 Å². The second kappa shape index (κ2) is 5.48. The van der Waals surface area contributed by atoms with Crippen molar-refractivity contribution in [3.63, 3.8) is 0 Å². The fraction of sp³-hybridized carbons (Fsp3) is 0.118. The van der Waals surface area contributed by atoms with E-state index in [0.717, 1.165) is 28.4 Å². The van der Waals surface area contributed by atoms with Crippen molar-refractivity contribution in [2.24, 2.45) is 4.99 Å². The van der Waals surface area contributed by atoms with Gasteiger partial charge in [-0.2, -0.15) is 0 Å². The molecule has 114 valence electrons. The van der Waals surface area contributed by atoms with Gasteiger partial charge in [-0.1, -0.05) is 59.6 Å². The number of aromatic nitrogens is 3. The fourth-order valence-corrected chi connectivity index (χ4v) is 3.27. The molecule has 3 aromatic rings. The third-order valence-electron chi connectivity index (χ3n) is 3.83. The van der Waals surface area contributed by atoms with Gasteiger partial charge in [0, 0.05) is 16.1 Å². The molecule has 0 saturated carbocycles. The number of hydrogen-bond donors (Lipinski definition) is 0. The van der Waals surface area contributed by atoms with Crippen molar-refractivity contribution >= 4 is 28.9 Å². The summed E-state index contributed by atoms with van der Waals surface area (Å²) >= 11 is 12.9. The van der Waals surface area contributed by atoms with E-state index in [0.29, 0.717) is 10.8 Å². The molecule has 1 atom stereocenters. The van der Waals surface area contributed by atoms with Gasteiger partial charge in [0.15, 0.2) is 11.3 Å². The van der Waals surface area contributed by atoms with Crippen molar-refractivity contribution in [3.8, 4) is 5.69 Å². The molecule has 0 spiro atoms. The maximum absolute atomic E-state index is 6.50. The van der Waals surface area contributed by atoms with Gasteiger partial charge in [-0.25, -0.2) is 0 Å².